The average molecular weight is 514 g/mol. The highest BCUT2D eigenvalue weighted by molar-refractivity contribution is 9.10. The Morgan fingerprint density at radius 2 is 1.79 bits per heavy atom. The Bertz CT molecular complexity index is 1110. The second-order valence-corrected chi connectivity index (χ2v) is 9.39. The van der Waals surface area contributed by atoms with E-state index in [1.165, 1.54) is 0 Å². The summed E-state index contributed by atoms with van der Waals surface area (Å²) in [5, 5.41) is 9.52. The Labute approximate surface area is 202 Å². The van der Waals surface area contributed by atoms with Gasteiger partial charge < -0.3 is 19.0 Å². The molecule has 7 heteroatoms. The molecule has 0 saturated heterocycles. The molecule has 1 heterocycles. The third-order valence-electron chi connectivity index (χ3n) is 6.07. The maximum Gasteiger partial charge on any atom is 0.336 e. The van der Waals surface area contributed by atoms with E-state index in [1.54, 1.807) is 0 Å². The predicted octanol–water partition coefficient (Wildman–Crippen LogP) is 6.46. The van der Waals surface area contributed by atoms with Crippen molar-refractivity contribution in [1.82, 2.24) is 4.98 Å². The smallest absolute Gasteiger partial charge is 0.336 e. The van der Waals surface area contributed by atoms with Crippen molar-refractivity contribution < 1.29 is 23.8 Å². The van der Waals surface area contributed by atoms with Gasteiger partial charge in [0.2, 0.25) is 5.89 Å². The number of aryl methyl sites for hydroxylation is 2. The number of halogens is 1. The van der Waals surface area contributed by atoms with Crippen molar-refractivity contribution in [3.8, 4) is 11.5 Å². The van der Waals surface area contributed by atoms with Gasteiger partial charge >= 0.3 is 5.97 Å². The molecule has 1 aliphatic carbocycles. The van der Waals surface area contributed by atoms with Crippen LogP contribution in [-0.4, -0.2) is 28.3 Å². The molecule has 0 spiro atoms. The van der Waals surface area contributed by atoms with Crippen molar-refractivity contribution in [2.75, 3.05) is 0 Å². The van der Waals surface area contributed by atoms with Crippen molar-refractivity contribution in [1.29, 1.82) is 0 Å². The number of rotatable bonds is 8. The van der Waals surface area contributed by atoms with Gasteiger partial charge in [-0.15, -0.1) is 0 Å². The maximum absolute atomic E-state index is 11.6. The van der Waals surface area contributed by atoms with E-state index in [0.717, 1.165) is 52.7 Å². The van der Waals surface area contributed by atoms with Crippen molar-refractivity contribution in [2.45, 2.75) is 65.0 Å². The van der Waals surface area contributed by atoms with Crippen LogP contribution in [0.5, 0.6) is 0 Å². The van der Waals surface area contributed by atoms with Crippen molar-refractivity contribution in [3.63, 3.8) is 0 Å². The summed E-state index contributed by atoms with van der Waals surface area (Å²) in [4.78, 5) is 16.2. The minimum atomic E-state index is -0.915. The van der Waals surface area contributed by atoms with Gasteiger partial charge in [-0.2, -0.15) is 0 Å². The molecular formula is C26H28BrNO5. The molecule has 0 amide bonds. The van der Waals surface area contributed by atoms with Crippen LogP contribution in [0, 0.1) is 13.8 Å². The third-order valence-corrected chi connectivity index (χ3v) is 6.59. The van der Waals surface area contributed by atoms with Gasteiger partial charge in [0, 0.05) is 10.0 Å². The van der Waals surface area contributed by atoms with E-state index in [4.69, 9.17) is 13.9 Å². The Balaban J connectivity index is 1.32. The minimum absolute atomic E-state index is 0.0441. The number of carboxylic acid groups (broad SMARTS) is 1. The molecule has 1 fully saturated rings. The molecule has 1 N–H and O–H groups in total. The van der Waals surface area contributed by atoms with Crippen molar-refractivity contribution >= 4 is 21.9 Å². The second-order valence-electron chi connectivity index (χ2n) is 8.48. The molecule has 2 aromatic carbocycles. The summed E-state index contributed by atoms with van der Waals surface area (Å²) in [5.41, 5.74) is 3.53. The fourth-order valence-corrected chi connectivity index (χ4v) is 4.51. The first-order valence-electron chi connectivity index (χ1n) is 11.2. The predicted molar refractivity (Wildman–Crippen MR) is 128 cm³/mol. The van der Waals surface area contributed by atoms with Gasteiger partial charge in [0.15, 0.2) is 0 Å². The van der Waals surface area contributed by atoms with Crippen LogP contribution in [0.25, 0.3) is 11.5 Å². The number of ether oxygens (including phenoxy) is 2. The van der Waals surface area contributed by atoms with Crippen molar-refractivity contribution in [3.05, 3.63) is 75.1 Å². The fourth-order valence-electron chi connectivity index (χ4n) is 4.24. The number of carbonyl (C=O) groups is 1. The number of hydrogen-bond donors (Lipinski definition) is 1. The molecule has 33 heavy (non-hydrogen) atoms. The lowest BCUT2D eigenvalue weighted by atomic mass is 9.94. The zero-order valence-corrected chi connectivity index (χ0v) is 20.4. The zero-order chi connectivity index (χ0) is 23.4. The summed E-state index contributed by atoms with van der Waals surface area (Å²) >= 11 is 3.44. The second kappa shape index (κ2) is 10.6. The lowest BCUT2D eigenvalue weighted by Crippen LogP contribution is -2.28. The lowest BCUT2D eigenvalue weighted by Gasteiger charge is -2.29. The minimum Gasteiger partial charge on any atom is -0.478 e. The summed E-state index contributed by atoms with van der Waals surface area (Å²) in [6, 6.07) is 13.4. The number of hydrogen-bond acceptors (Lipinski definition) is 5. The van der Waals surface area contributed by atoms with Gasteiger partial charge in [-0.3, -0.25) is 0 Å². The Kier molecular flexibility index (Phi) is 7.63. The normalized spacial score (nSPS) is 18.4. The highest BCUT2D eigenvalue weighted by Gasteiger charge is 2.25. The summed E-state index contributed by atoms with van der Waals surface area (Å²) in [7, 11) is 0. The van der Waals surface area contributed by atoms with Gasteiger partial charge in [0.25, 0.3) is 0 Å². The van der Waals surface area contributed by atoms with Crippen LogP contribution in [0.3, 0.4) is 0 Å². The van der Waals surface area contributed by atoms with E-state index in [-0.39, 0.29) is 12.2 Å². The average Bonchev–Trinajstić information content (AvgIpc) is 3.17. The van der Waals surface area contributed by atoms with Gasteiger partial charge in [-0.1, -0.05) is 34.1 Å². The van der Waals surface area contributed by atoms with Crippen LogP contribution in [0.2, 0.25) is 0 Å². The highest BCUT2D eigenvalue weighted by atomic mass is 79.9. The molecule has 0 bridgehead atoms. The number of nitrogens with zero attached hydrogens (tertiary/aromatic N) is 1. The number of oxazole rings is 1. The van der Waals surface area contributed by atoms with Crippen LogP contribution in [0.1, 0.15) is 58.6 Å². The Morgan fingerprint density at radius 3 is 2.48 bits per heavy atom. The first-order valence-corrected chi connectivity index (χ1v) is 12.0. The Hall–Kier alpha value is -2.48. The molecule has 2 atom stereocenters. The first kappa shape index (κ1) is 23.7. The molecule has 3 aromatic rings. The number of aromatic carboxylic acids is 1. The topological polar surface area (TPSA) is 81.8 Å². The number of carboxylic acids is 1. The monoisotopic (exact) mass is 513 g/mol. The SMILES string of the molecule is Cc1cccc(CO[C@@H]2CCC[C@H](OCc3nc(-c4ccc(Br)cc4)oc3C)C2)c1C(=O)O. The summed E-state index contributed by atoms with van der Waals surface area (Å²) in [6.07, 6.45) is 3.84. The van der Waals surface area contributed by atoms with E-state index in [1.807, 2.05) is 56.3 Å². The summed E-state index contributed by atoms with van der Waals surface area (Å²) in [6.45, 7) is 4.40. The largest absolute Gasteiger partial charge is 0.478 e. The van der Waals surface area contributed by atoms with E-state index in [2.05, 4.69) is 20.9 Å². The summed E-state index contributed by atoms with van der Waals surface area (Å²) in [5.74, 6) is 0.440. The van der Waals surface area contributed by atoms with Crippen LogP contribution >= 0.6 is 15.9 Å². The molecule has 0 radical (unpaired) electrons. The molecule has 0 unspecified atom stereocenters. The molecule has 6 nitrogen and oxygen atoms in total. The third kappa shape index (κ3) is 5.91. The van der Waals surface area contributed by atoms with Crippen LogP contribution in [0.4, 0.5) is 0 Å². The van der Waals surface area contributed by atoms with Gasteiger partial charge in [0.05, 0.1) is 31.0 Å². The van der Waals surface area contributed by atoms with Crippen LogP contribution in [-0.2, 0) is 22.7 Å². The molecule has 0 aliphatic heterocycles. The molecule has 4 rings (SSSR count). The van der Waals surface area contributed by atoms with E-state index >= 15 is 0 Å². The highest BCUT2D eigenvalue weighted by Crippen LogP contribution is 2.28. The zero-order valence-electron chi connectivity index (χ0n) is 18.8. The van der Waals surface area contributed by atoms with Crippen molar-refractivity contribution in [2.24, 2.45) is 0 Å². The quantitative estimate of drug-likeness (QED) is 0.372. The van der Waals surface area contributed by atoms with Gasteiger partial charge in [-0.25, -0.2) is 9.78 Å². The Morgan fingerprint density at radius 1 is 1.09 bits per heavy atom. The first-order chi connectivity index (χ1) is 15.9. The molecular weight excluding hydrogens is 486 g/mol. The molecule has 1 saturated carbocycles. The van der Waals surface area contributed by atoms with Crippen LogP contribution in [0.15, 0.2) is 51.4 Å². The van der Waals surface area contributed by atoms with Gasteiger partial charge in [0.1, 0.15) is 11.5 Å². The molecule has 174 valence electrons. The standard InChI is InChI=1S/C26H28BrNO5/c1-16-5-3-6-19(24(16)26(29)30)14-31-21-7-4-8-22(13-21)32-15-23-17(2)33-25(28-23)18-9-11-20(27)12-10-18/h3,5-6,9-12,21-22H,4,7-8,13-15H2,1-2H3,(H,29,30)/t21-,22+/m1/s1. The van der Waals surface area contributed by atoms with Gasteiger partial charge in [-0.05, 0) is 74.9 Å². The van der Waals surface area contributed by atoms with E-state index in [0.29, 0.717) is 30.2 Å². The number of aromatic nitrogens is 1. The molecule has 1 aromatic heterocycles. The van der Waals surface area contributed by atoms with E-state index in [9.17, 15) is 9.90 Å². The number of benzene rings is 2. The van der Waals surface area contributed by atoms with E-state index < -0.39 is 5.97 Å². The fraction of sp³-hybridized carbons (Fsp3) is 0.385. The van der Waals surface area contributed by atoms with Crippen LogP contribution < -0.4 is 0 Å². The summed E-state index contributed by atoms with van der Waals surface area (Å²) < 4.78 is 19.1. The maximum atomic E-state index is 11.6. The molecule has 1 aliphatic rings. The lowest BCUT2D eigenvalue weighted by molar-refractivity contribution is -0.0564.